The molecular formula is C16H17ClN2OS. The molecular weight excluding hydrogens is 304 g/mol. The maximum Gasteiger partial charge on any atom is 0.234 e. The zero-order chi connectivity index (χ0) is 15.4. The number of thioether (sulfide) groups is 1. The van der Waals surface area contributed by atoms with Crippen LogP contribution in [-0.2, 0) is 4.79 Å². The zero-order valence-corrected chi connectivity index (χ0v) is 13.5. The number of hydrogen-bond donors (Lipinski definition) is 2. The normalized spacial score (nSPS) is 10.4. The van der Waals surface area contributed by atoms with Crippen LogP contribution in [0, 0.1) is 13.8 Å². The first kappa shape index (κ1) is 15.7. The average molecular weight is 321 g/mol. The minimum Gasteiger partial charge on any atom is -0.397 e. The van der Waals surface area contributed by atoms with Crippen LogP contribution in [0.3, 0.4) is 0 Å². The lowest BCUT2D eigenvalue weighted by atomic mass is 10.1. The van der Waals surface area contributed by atoms with E-state index in [1.54, 1.807) is 18.2 Å². The van der Waals surface area contributed by atoms with Crippen LogP contribution in [0.25, 0.3) is 0 Å². The van der Waals surface area contributed by atoms with Crippen molar-refractivity contribution >= 4 is 40.6 Å². The van der Waals surface area contributed by atoms with Gasteiger partial charge in [0.2, 0.25) is 5.91 Å². The maximum atomic E-state index is 12.0. The topological polar surface area (TPSA) is 55.1 Å². The Hall–Kier alpha value is -1.65. The van der Waals surface area contributed by atoms with Gasteiger partial charge in [0.25, 0.3) is 0 Å². The second kappa shape index (κ2) is 6.87. The van der Waals surface area contributed by atoms with E-state index in [4.69, 9.17) is 17.3 Å². The summed E-state index contributed by atoms with van der Waals surface area (Å²) in [6.07, 6.45) is 0. The third kappa shape index (κ3) is 4.41. The molecule has 3 nitrogen and oxygen atoms in total. The molecule has 0 bridgehead atoms. The Morgan fingerprint density at radius 2 is 1.95 bits per heavy atom. The first-order valence-corrected chi connectivity index (χ1v) is 7.87. The van der Waals surface area contributed by atoms with Gasteiger partial charge >= 0.3 is 0 Å². The monoisotopic (exact) mass is 320 g/mol. The Bertz CT molecular complexity index is 673. The summed E-state index contributed by atoms with van der Waals surface area (Å²) in [4.78, 5) is 13.0. The number of nitrogens with two attached hydrogens (primary N) is 1. The van der Waals surface area contributed by atoms with Crippen LogP contribution in [0.4, 0.5) is 11.4 Å². The number of hydrogen-bond acceptors (Lipinski definition) is 3. The van der Waals surface area contributed by atoms with E-state index in [1.165, 1.54) is 22.9 Å². The summed E-state index contributed by atoms with van der Waals surface area (Å²) >= 11 is 7.39. The minimum absolute atomic E-state index is 0.104. The highest BCUT2D eigenvalue weighted by Gasteiger charge is 2.07. The van der Waals surface area contributed by atoms with E-state index >= 15 is 0 Å². The molecule has 0 aromatic heterocycles. The van der Waals surface area contributed by atoms with Gasteiger partial charge in [-0.25, -0.2) is 0 Å². The number of nitrogen functional groups attached to an aromatic ring is 1. The molecule has 0 spiro atoms. The Morgan fingerprint density at radius 3 is 2.67 bits per heavy atom. The number of aryl methyl sites for hydroxylation is 2. The maximum absolute atomic E-state index is 12.0. The van der Waals surface area contributed by atoms with E-state index in [2.05, 4.69) is 31.3 Å². The number of benzene rings is 2. The summed E-state index contributed by atoms with van der Waals surface area (Å²) in [5.74, 6) is 0.223. The predicted molar refractivity (Wildman–Crippen MR) is 91.1 cm³/mol. The Morgan fingerprint density at radius 1 is 1.19 bits per heavy atom. The van der Waals surface area contributed by atoms with Crippen molar-refractivity contribution in [1.82, 2.24) is 0 Å². The van der Waals surface area contributed by atoms with Gasteiger partial charge in [0, 0.05) is 9.92 Å². The fraction of sp³-hybridized carbons (Fsp3) is 0.188. The third-order valence-corrected chi connectivity index (χ3v) is 4.37. The molecule has 2 rings (SSSR count). The third-order valence-electron chi connectivity index (χ3n) is 3.14. The van der Waals surface area contributed by atoms with Crippen LogP contribution in [0.15, 0.2) is 41.3 Å². The van der Waals surface area contributed by atoms with Crippen LogP contribution in [0.2, 0.25) is 5.02 Å². The van der Waals surface area contributed by atoms with E-state index in [-0.39, 0.29) is 5.91 Å². The smallest absolute Gasteiger partial charge is 0.234 e. The van der Waals surface area contributed by atoms with E-state index in [1.807, 2.05) is 6.07 Å². The summed E-state index contributed by atoms with van der Waals surface area (Å²) < 4.78 is 0. The first-order chi connectivity index (χ1) is 9.95. The van der Waals surface area contributed by atoms with Gasteiger partial charge in [0.05, 0.1) is 17.1 Å². The molecule has 0 radical (unpaired) electrons. The molecule has 0 atom stereocenters. The van der Waals surface area contributed by atoms with Gasteiger partial charge in [-0.1, -0.05) is 17.7 Å². The second-order valence-corrected chi connectivity index (χ2v) is 6.30. The largest absolute Gasteiger partial charge is 0.397 e. The highest BCUT2D eigenvalue weighted by Crippen LogP contribution is 2.24. The van der Waals surface area contributed by atoms with Crippen molar-refractivity contribution in [2.45, 2.75) is 18.7 Å². The van der Waals surface area contributed by atoms with E-state index in [9.17, 15) is 4.79 Å². The Balaban J connectivity index is 1.95. The molecule has 0 aliphatic carbocycles. The van der Waals surface area contributed by atoms with Crippen molar-refractivity contribution in [3.8, 4) is 0 Å². The summed E-state index contributed by atoms with van der Waals surface area (Å²) in [7, 11) is 0. The van der Waals surface area contributed by atoms with Gasteiger partial charge in [-0.2, -0.15) is 0 Å². The lowest BCUT2D eigenvalue weighted by Crippen LogP contribution is -2.15. The molecule has 0 fully saturated rings. The molecule has 0 aliphatic heterocycles. The standard InChI is InChI=1S/C16H17ClN2OS/c1-10-3-5-13(7-11(10)2)21-9-16(20)19-15-8-12(17)4-6-14(15)18/h3-8H,9,18H2,1-2H3,(H,19,20). The van der Waals surface area contributed by atoms with Crippen molar-refractivity contribution in [3.05, 3.63) is 52.5 Å². The molecule has 0 aliphatic rings. The molecule has 2 aromatic carbocycles. The first-order valence-electron chi connectivity index (χ1n) is 6.50. The number of carbonyl (C=O) groups is 1. The van der Waals surface area contributed by atoms with Crippen molar-refractivity contribution in [2.24, 2.45) is 0 Å². The number of amides is 1. The Kier molecular flexibility index (Phi) is 5.15. The SMILES string of the molecule is Cc1ccc(SCC(=O)Nc2cc(Cl)ccc2N)cc1C. The predicted octanol–water partition coefficient (Wildman–Crippen LogP) is 4.27. The Labute approximate surface area is 133 Å². The van der Waals surface area contributed by atoms with E-state index < -0.39 is 0 Å². The molecule has 0 unspecified atom stereocenters. The summed E-state index contributed by atoms with van der Waals surface area (Å²) in [6, 6.07) is 11.2. The van der Waals surface area contributed by atoms with E-state index in [0.29, 0.717) is 22.2 Å². The van der Waals surface area contributed by atoms with Gasteiger partial charge in [-0.3, -0.25) is 4.79 Å². The highest BCUT2D eigenvalue weighted by molar-refractivity contribution is 8.00. The zero-order valence-electron chi connectivity index (χ0n) is 11.9. The molecule has 21 heavy (non-hydrogen) atoms. The number of anilines is 2. The molecule has 3 N–H and O–H groups in total. The van der Waals surface area contributed by atoms with Gasteiger partial charge in [0.1, 0.15) is 0 Å². The molecule has 1 amide bonds. The van der Waals surface area contributed by atoms with Crippen LogP contribution in [0.1, 0.15) is 11.1 Å². The second-order valence-electron chi connectivity index (χ2n) is 4.81. The van der Waals surface area contributed by atoms with Gasteiger partial charge < -0.3 is 11.1 Å². The number of carbonyl (C=O) groups excluding carboxylic acids is 1. The fourth-order valence-electron chi connectivity index (χ4n) is 1.78. The average Bonchev–Trinajstić information content (AvgIpc) is 2.44. The van der Waals surface area contributed by atoms with Crippen LogP contribution in [0.5, 0.6) is 0 Å². The van der Waals surface area contributed by atoms with Crippen molar-refractivity contribution in [3.63, 3.8) is 0 Å². The molecule has 2 aromatic rings. The molecule has 110 valence electrons. The van der Waals surface area contributed by atoms with Crippen LogP contribution < -0.4 is 11.1 Å². The van der Waals surface area contributed by atoms with Crippen molar-refractivity contribution < 1.29 is 4.79 Å². The summed E-state index contributed by atoms with van der Waals surface area (Å²) in [5.41, 5.74) is 9.32. The lowest BCUT2D eigenvalue weighted by molar-refractivity contribution is -0.113. The van der Waals surface area contributed by atoms with Crippen LogP contribution >= 0.6 is 23.4 Å². The quantitative estimate of drug-likeness (QED) is 0.653. The summed E-state index contributed by atoms with van der Waals surface area (Å²) in [5, 5.41) is 3.32. The molecule has 0 heterocycles. The molecule has 0 saturated carbocycles. The lowest BCUT2D eigenvalue weighted by Gasteiger charge is -2.09. The molecule has 0 saturated heterocycles. The number of nitrogens with one attached hydrogen (secondary N) is 1. The highest BCUT2D eigenvalue weighted by atomic mass is 35.5. The van der Waals surface area contributed by atoms with Crippen molar-refractivity contribution in [2.75, 3.05) is 16.8 Å². The van der Waals surface area contributed by atoms with Gasteiger partial charge in [0.15, 0.2) is 0 Å². The van der Waals surface area contributed by atoms with E-state index in [0.717, 1.165) is 4.90 Å². The van der Waals surface area contributed by atoms with Gasteiger partial charge in [-0.15, -0.1) is 11.8 Å². The number of rotatable bonds is 4. The number of halogens is 1. The van der Waals surface area contributed by atoms with Crippen molar-refractivity contribution in [1.29, 1.82) is 0 Å². The summed E-state index contributed by atoms with van der Waals surface area (Å²) in [6.45, 7) is 4.13. The molecule has 5 heteroatoms. The van der Waals surface area contributed by atoms with Gasteiger partial charge in [-0.05, 0) is 55.3 Å². The minimum atomic E-state index is -0.104. The fourth-order valence-corrected chi connectivity index (χ4v) is 2.74. The van der Waals surface area contributed by atoms with Crippen LogP contribution in [-0.4, -0.2) is 11.7 Å².